The van der Waals surface area contributed by atoms with Crippen LogP contribution >= 0.6 is 11.3 Å². The van der Waals surface area contributed by atoms with Crippen molar-refractivity contribution in [3.63, 3.8) is 0 Å². The summed E-state index contributed by atoms with van der Waals surface area (Å²) < 4.78 is 16.4. The molecule has 0 aromatic carbocycles. The first-order valence-corrected chi connectivity index (χ1v) is 9.06. The minimum Gasteiger partial charge on any atom is -0.477 e. The van der Waals surface area contributed by atoms with Gasteiger partial charge >= 0.3 is 5.97 Å². The van der Waals surface area contributed by atoms with Gasteiger partial charge in [-0.05, 0) is 20.0 Å². The topological polar surface area (TPSA) is 78.2 Å². The molecule has 0 saturated carbocycles. The molecule has 0 aliphatic carbocycles. The van der Waals surface area contributed by atoms with E-state index in [-0.39, 0.29) is 16.8 Å². The summed E-state index contributed by atoms with van der Waals surface area (Å²) in [5, 5.41) is 11.2. The van der Waals surface area contributed by atoms with E-state index in [0.717, 1.165) is 24.8 Å². The molecule has 26 heavy (non-hydrogen) atoms. The van der Waals surface area contributed by atoms with Crippen LogP contribution in [0.4, 0.5) is 10.2 Å². The number of rotatable bonds is 2. The lowest BCUT2D eigenvalue weighted by atomic mass is 10.2. The van der Waals surface area contributed by atoms with Gasteiger partial charge in [-0.3, -0.25) is 9.20 Å². The summed E-state index contributed by atoms with van der Waals surface area (Å²) in [6, 6.07) is 1.12. The normalized spacial score (nSPS) is 15.9. The first kappa shape index (κ1) is 16.9. The van der Waals surface area contributed by atoms with Gasteiger partial charge in [0.25, 0.3) is 0 Å². The van der Waals surface area contributed by atoms with E-state index in [9.17, 15) is 19.1 Å². The Balaban J connectivity index is 2.03. The Kier molecular flexibility index (Phi) is 3.92. The lowest BCUT2D eigenvalue weighted by molar-refractivity contribution is 0.0697. The smallest absolute Gasteiger partial charge is 0.342 e. The van der Waals surface area contributed by atoms with Gasteiger partial charge in [-0.2, -0.15) is 0 Å². The molecule has 0 atom stereocenters. The van der Waals surface area contributed by atoms with E-state index in [0.29, 0.717) is 23.6 Å². The summed E-state index contributed by atoms with van der Waals surface area (Å²) in [6.07, 6.45) is 0. The Morgan fingerprint density at radius 2 is 2.00 bits per heavy atom. The fraction of sp³-hybridized carbons (Fsp3) is 0.353. The van der Waals surface area contributed by atoms with Gasteiger partial charge < -0.3 is 14.9 Å². The van der Waals surface area contributed by atoms with Crippen molar-refractivity contribution in [2.75, 3.05) is 38.1 Å². The van der Waals surface area contributed by atoms with Crippen molar-refractivity contribution < 1.29 is 14.3 Å². The number of aromatic nitrogens is 2. The molecule has 4 heterocycles. The van der Waals surface area contributed by atoms with Crippen molar-refractivity contribution in [2.45, 2.75) is 6.92 Å². The van der Waals surface area contributed by atoms with Gasteiger partial charge in [-0.1, -0.05) is 0 Å². The maximum atomic E-state index is 14.7. The summed E-state index contributed by atoms with van der Waals surface area (Å²) in [7, 11) is 2.01. The number of likely N-dealkylation sites (N-methyl/N-ethyl adjacent to an activating group) is 1. The van der Waals surface area contributed by atoms with Gasteiger partial charge in [-0.25, -0.2) is 14.2 Å². The number of piperazine rings is 1. The number of fused-ring (bicyclic) bond motifs is 3. The molecule has 0 unspecified atom stereocenters. The molecule has 1 fully saturated rings. The number of carbonyl (C=O) groups is 1. The fourth-order valence-corrected chi connectivity index (χ4v) is 4.33. The van der Waals surface area contributed by atoms with E-state index in [1.54, 1.807) is 16.7 Å². The minimum atomic E-state index is -1.32. The summed E-state index contributed by atoms with van der Waals surface area (Å²) in [6.45, 7) is 4.67. The molecule has 1 saturated heterocycles. The molecule has 9 heteroatoms. The molecule has 0 amide bonds. The van der Waals surface area contributed by atoms with Crippen LogP contribution in [0, 0.1) is 12.7 Å². The third kappa shape index (κ3) is 2.46. The number of hydrogen-bond acceptors (Lipinski definition) is 6. The number of carboxylic acid groups (broad SMARTS) is 1. The minimum absolute atomic E-state index is 0.0169. The Labute approximate surface area is 151 Å². The first-order valence-electron chi connectivity index (χ1n) is 8.18. The number of anilines is 1. The summed E-state index contributed by atoms with van der Waals surface area (Å²) in [4.78, 5) is 33.0. The second-order valence-corrected chi connectivity index (χ2v) is 7.34. The molecule has 136 valence electrons. The van der Waals surface area contributed by atoms with Crippen molar-refractivity contribution >= 4 is 39.0 Å². The second-order valence-electron chi connectivity index (χ2n) is 6.48. The molecule has 3 aromatic heterocycles. The molecule has 0 bridgehead atoms. The number of thiazole rings is 1. The molecule has 1 aliphatic rings. The maximum Gasteiger partial charge on any atom is 0.342 e. The lowest BCUT2D eigenvalue weighted by Gasteiger charge is -2.33. The number of halogens is 1. The number of aryl methyl sites for hydroxylation is 1. The Morgan fingerprint density at radius 1 is 1.31 bits per heavy atom. The molecule has 3 aromatic rings. The monoisotopic (exact) mass is 376 g/mol. The highest BCUT2D eigenvalue weighted by atomic mass is 32.1. The highest BCUT2D eigenvalue weighted by Gasteiger charge is 2.25. The highest BCUT2D eigenvalue weighted by Crippen LogP contribution is 2.27. The molecule has 0 spiro atoms. The van der Waals surface area contributed by atoms with Crippen LogP contribution in [0.2, 0.25) is 0 Å². The average molecular weight is 376 g/mol. The number of carboxylic acids is 1. The molecular weight excluding hydrogens is 359 g/mol. The van der Waals surface area contributed by atoms with Crippen LogP contribution < -0.4 is 10.3 Å². The Bertz CT molecular complexity index is 1100. The van der Waals surface area contributed by atoms with E-state index in [4.69, 9.17) is 0 Å². The van der Waals surface area contributed by atoms with E-state index >= 15 is 0 Å². The summed E-state index contributed by atoms with van der Waals surface area (Å²) in [5.74, 6) is -1.73. The molecule has 7 nitrogen and oxygen atoms in total. The Morgan fingerprint density at radius 3 is 2.65 bits per heavy atom. The number of hydrogen-bond donors (Lipinski definition) is 1. The third-order valence-electron chi connectivity index (χ3n) is 4.75. The molecule has 1 aliphatic heterocycles. The van der Waals surface area contributed by atoms with E-state index in [1.807, 2.05) is 11.9 Å². The number of nitrogens with zero attached hydrogens (tertiary/aromatic N) is 4. The average Bonchev–Trinajstić information content (AvgIpc) is 2.97. The number of aromatic carboxylic acids is 1. The van der Waals surface area contributed by atoms with Gasteiger partial charge in [0, 0.05) is 37.3 Å². The van der Waals surface area contributed by atoms with Crippen LogP contribution in [-0.4, -0.2) is 58.6 Å². The van der Waals surface area contributed by atoms with Crippen LogP contribution in [0.3, 0.4) is 0 Å². The lowest BCUT2D eigenvalue weighted by Crippen LogP contribution is -2.45. The predicted molar refractivity (Wildman–Crippen MR) is 98.2 cm³/mol. The highest BCUT2D eigenvalue weighted by molar-refractivity contribution is 7.16. The van der Waals surface area contributed by atoms with Gasteiger partial charge in [0.05, 0.1) is 5.39 Å². The van der Waals surface area contributed by atoms with Crippen LogP contribution in [0.25, 0.3) is 15.9 Å². The van der Waals surface area contributed by atoms with Crippen LogP contribution in [0.5, 0.6) is 0 Å². The largest absolute Gasteiger partial charge is 0.477 e. The van der Waals surface area contributed by atoms with Gasteiger partial charge in [0.15, 0.2) is 17.3 Å². The second kappa shape index (κ2) is 6.03. The van der Waals surface area contributed by atoms with Crippen molar-refractivity contribution in [1.29, 1.82) is 0 Å². The molecule has 4 rings (SSSR count). The predicted octanol–water partition coefficient (Wildman–Crippen LogP) is 1.81. The van der Waals surface area contributed by atoms with Crippen molar-refractivity contribution in [2.24, 2.45) is 0 Å². The molecular formula is C17H17FN4O3S. The van der Waals surface area contributed by atoms with E-state index in [2.05, 4.69) is 9.88 Å². The molecule has 0 radical (unpaired) electrons. The van der Waals surface area contributed by atoms with Gasteiger partial charge in [-0.15, -0.1) is 11.3 Å². The van der Waals surface area contributed by atoms with E-state index < -0.39 is 17.2 Å². The van der Waals surface area contributed by atoms with Crippen molar-refractivity contribution in [3.05, 3.63) is 38.7 Å². The van der Waals surface area contributed by atoms with Crippen molar-refractivity contribution in [3.8, 4) is 0 Å². The third-order valence-corrected chi connectivity index (χ3v) is 5.82. The summed E-state index contributed by atoms with van der Waals surface area (Å²) >= 11 is 1.17. The SMILES string of the molecule is Cc1csc2c(C(=O)O)c(=O)c3cc(F)c(N4CCN(C)CC4)nc3n12. The Hall–Kier alpha value is -2.52. The van der Waals surface area contributed by atoms with Gasteiger partial charge in [0.1, 0.15) is 10.4 Å². The standard InChI is InChI=1S/C17H17FN4O3S/c1-9-8-26-16-12(17(24)25)13(23)10-7-11(18)15(19-14(10)22(9)16)21-5-3-20(2)4-6-21/h7-8H,3-6H2,1-2H3,(H,24,25). The summed E-state index contributed by atoms with van der Waals surface area (Å²) in [5.41, 5.74) is -0.000150. The van der Waals surface area contributed by atoms with Crippen LogP contribution in [-0.2, 0) is 0 Å². The van der Waals surface area contributed by atoms with Crippen molar-refractivity contribution in [1.82, 2.24) is 14.3 Å². The van der Waals surface area contributed by atoms with Crippen LogP contribution in [0.15, 0.2) is 16.2 Å². The van der Waals surface area contributed by atoms with E-state index in [1.165, 1.54) is 11.3 Å². The van der Waals surface area contributed by atoms with Crippen LogP contribution in [0.1, 0.15) is 16.1 Å². The number of pyridine rings is 2. The zero-order chi connectivity index (χ0) is 18.6. The molecule has 1 N–H and O–H groups in total. The first-order chi connectivity index (χ1) is 12.4. The quantitative estimate of drug-likeness (QED) is 0.735. The zero-order valence-corrected chi connectivity index (χ0v) is 15.1. The maximum absolute atomic E-state index is 14.7. The zero-order valence-electron chi connectivity index (χ0n) is 14.3. The van der Waals surface area contributed by atoms with Gasteiger partial charge in [0.2, 0.25) is 5.43 Å². The fourth-order valence-electron chi connectivity index (χ4n) is 3.31.